The van der Waals surface area contributed by atoms with E-state index in [-0.39, 0.29) is 19.1 Å². The van der Waals surface area contributed by atoms with Crippen LogP contribution in [0.3, 0.4) is 0 Å². The quantitative estimate of drug-likeness (QED) is 0.428. The molecule has 1 amide bonds. The third kappa shape index (κ3) is 10.9. The molecule has 0 aliphatic carbocycles. The Bertz CT molecular complexity index is 198. The second kappa shape index (κ2) is 11.0. The van der Waals surface area contributed by atoms with Gasteiger partial charge in [0.25, 0.3) is 0 Å². The molecule has 0 aliphatic rings. The highest BCUT2D eigenvalue weighted by Gasteiger charge is 1.99. The average Bonchev–Trinajstić information content (AvgIpc) is 2.24. The highest BCUT2D eigenvalue weighted by Crippen LogP contribution is 1.91. The van der Waals surface area contributed by atoms with E-state index in [9.17, 15) is 4.79 Å². The van der Waals surface area contributed by atoms with Crippen molar-refractivity contribution >= 4 is 5.91 Å². The Balaban J connectivity index is 3.16. The zero-order valence-electron chi connectivity index (χ0n) is 9.00. The molecule has 0 fully saturated rings. The zero-order chi connectivity index (χ0) is 11.4. The molecule has 4 nitrogen and oxygen atoms in total. The summed E-state index contributed by atoms with van der Waals surface area (Å²) >= 11 is 0. The number of terminal acetylenes is 1. The maximum Gasteiger partial charge on any atom is 0.222 e. The normalized spacial score (nSPS) is 9.60. The average molecular weight is 213 g/mol. The number of carbonyl (C=O) groups excluding carboxylic acids is 1. The van der Waals surface area contributed by atoms with Crippen LogP contribution in [0.25, 0.3) is 0 Å². The standard InChI is InChI=1S/C11H19NO3/c1-2-3-4-5-7-12-11(14)6-9-15-10-8-13/h1,13H,3-10H2,(H,12,14). The van der Waals surface area contributed by atoms with E-state index < -0.39 is 0 Å². The molecule has 0 radical (unpaired) electrons. The van der Waals surface area contributed by atoms with Crippen molar-refractivity contribution in [3.05, 3.63) is 0 Å². The molecule has 4 heteroatoms. The van der Waals surface area contributed by atoms with Crippen LogP contribution in [0.15, 0.2) is 0 Å². The number of rotatable bonds is 9. The molecule has 0 heterocycles. The number of amides is 1. The third-order valence-electron chi connectivity index (χ3n) is 1.78. The smallest absolute Gasteiger partial charge is 0.222 e. The number of unbranched alkanes of at least 4 members (excludes halogenated alkanes) is 2. The summed E-state index contributed by atoms with van der Waals surface area (Å²) < 4.78 is 4.96. The summed E-state index contributed by atoms with van der Waals surface area (Å²) in [7, 11) is 0. The lowest BCUT2D eigenvalue weighted by Gasteiger charge is -2.04. The summed E-state index contributed by atoms with van der Waals surface area (Å²) in [5.74, 6) is 2.53. The van der Waals surface area contributed by atoms with Gasteiger partial charge in [0, 0.05) is 19.4 Å². The lowest BCUT2D eigenvalue weighted by Crippen LogP contribution is -2.25. The summed E-state index contributed by atoms with van der Waals surface area (Å²) in [5, 5.41) is 11.2. The van der Waals surface area contributed by atoms with Crippen molar-refractivity contribution in [3.8, 4) is 12.3 Å². The van der Waals surface area contributed by atoms with Crippen LogP contribution in [0, 0.1) is 12.3 Å². The highest BCUT2D eigenvalue weighted by atomic mass is 16.5. The molecular weight excluding hydrogens is 194 g/mol. The summed E-state index contributed by atoms with van der Waals surface area (Å²) in [5.41, 5.74) is 0. The molecule has 0 spiro atoms. The number of nitrogens with one attached hydrogen (secondary N) is 1. The van der Waals surface area contributed by atoms with Gasteiger partial charge < -0.3 is 15.2 Å². The first-order valence-electron chi connectivity index (χ1n) is 5.20. The van der Waals surface area contributed by atoms with Gasteiger partial charge in [-0.3, -0.25) is 4.79 Å². The van der Waals surface area contributed by atoms with Gasteiger partial charge >= 0.3 is 0 Å². The molecule has 0 aromatic carbocycles. The van der Waals surface area contributed by atoms with Crippen LogP contribution in [0.4, 0.5) is 0 Å². The molecule has 0 aromatic heterocycles. The predicted octanol–water partition coefficient (Wildman–Crippen LogP) is 0.305. The second-order valence-electron chi connectivity index (χ2n) is 3.10. The molecule has 0 aliphatic heterocycles. The maximum atomic E-state index is 11.1. The summed E-state index contributed by atoms with van der Waals surface area (Å²) in [6, 6.07) is 0. The number of hydrogen-bond donors (Lipinski definition) is 2. The number of ether oxygens (including phenoxy) is 1. The minimum atomic E-state index is -0.0198. The van der Waals surface area contributed by atoms with Crippen LogP contribution < -0.4 is 5.32 Å². The molecule has 0 bridgehead atoms. The first-order chi connectivity index (χ1) is 7.31. The van der Waals surface area contributed by atoms with Crippen LogP contribution in [0.1, 0.15) is 25.7 Å². The van der Waals surface area contributed by atoms with Crippen LogP contribution >= 0.6 is 0 Å². The van der Waals surface area contributed by atoms with Crippen molar-refractivity contribution in [1.82, 2.24) is 5.32 Å². The van der Waals surface area contributed by atoms with Crippen molar-refractivity contribution in [2.24, 2.45) is 0 Å². The van der Waals surface area contributed by atoms with E-state index in [1.54, 1.807) is 0 Å². The van der Waals surface area contributed by atoms with Crippen molar-refractivity contribution in [1.29, 1.82) is 0 Å². The molecule has 15 heavy (non-hydrogen) atoms. The van der Waals surface area contributed by atoms with Crippen LogP contribution in [0.2, 0.25) is 0 Å². The molecule has 0 saturated heterocycles. The molecule has 2 N–H and O–H groups in total. The fourth-order valence-corrected chi connectivity index (χ4v) is 1.000. The van der Waals surface area contributed by atoms with E-state index in [0.29, 0.717) is 19.6 Å². The maximum absolute atomic E-state index is 11.1. The summed E-state index contributed by atoms with van der Waals surface area (Å²) in [6.07, 6.45) is 8.04. The van der Waals surface area contributed by atoms with Gasteiger partial charge in [-0.25, -0.2) is 0 Å². The molecular formula is C11H19NO3. The van der Waals surface area contributed by atoms with Gasteiger partial charge in [0.1, 0.15) is 0 Å². The van der Waals surface area contributed by atoms with Crippen LogP contribution in [-0.2, 0) is 9.53 Å². The summed E-state index contributed by atoms with van der Waals surface area (Å²) in [4.78, 5) is 11.1. The minimum absolute atomic E-state index is 0.00624. The molecule has 0 aromatic rings. The van der Waals surface area contributed by atoms with Gasteiger partial charge in [-0.1, -0.05) is 0 Å². The fraction of sp³-hybridized carbons (Fsp3) is 0.727. The number of carbonyl (C=O) groups is 1. The largest absolute Gasteiger partial charge is 0.394 e. The summed E-state index contributed by atoms with van der Waals surface area (Å²) in [6.45, 7) is 1.31. The predicted molar refractivity (Wildman–Crippen MR) is 58.2 cm³/mol. The molecule has 0 rings (SSSR count). The molecule has 86 valence electrons. The Morgan fingerprint density at radius 1 is 1.40 bits per heavy atom. The Labute approximate surface area is 91.0 Å². The van der Waals surface area contributed by atoms with Gasteiger partial charge in [0.2, 0.25) is 5.91 Å². The topological polar surface area (TPSA) is 58.6 Å². The number of aliphatic hydroxyl groups is 1. The number of aliphatic hydroxyl groups excluding tert-OH is 1. The van der Waals surface area contributed by atoms with Crippen molar-refractivity contribution in [3.63, 3.8) is 0 Å². The van der Waals surface area contributed by atoms with E-state index in [2.05, 4.69) is 11.2 Å². The van der Waals surface area contributed by atoms with E-state index in [4.69, 9.17) is 16.3 Å². The van der Waals surface area contributed by atoms with Crippen molar-refractivity contribution in [2.75, 3.05) is 26.4 Å². The van der Waals surface area contributed by atoms with Crippen molar-refractivity contribution in [2.45, 2.75) is 25.7 Å². The van der Waals surface area contributed by atoms with Crippen LogP contribution in [-0.4, -0.2) is 37.4 Å². The van der Waals surface area contributed by atoms with E-state index in [1.165, 1.54) is 0 Å². The van der Waals surface area contributed by atoms with Gasteiger partial charge in [0.05, 0.1) is 19.8 Å². The fourth-order valence-electron chi connectivity index (χ4n) is 1.000. The van der Waals surface area contributed by atoms with Crippen LogP contribution in [0.5, 0.6) is 0 Å². The van der Waals surface area contributed by atoms with E-state index in [0.717, 1.165) is 19.3 Å². The zero-order valence-corrected chi connectivity index (χ0v) is 9.00. The molecule has 0 atom stereocenters. The third-order valence-corrected chi connectivity index (χ3v) is 1.78. The molecule has 0 unspecified atom stereocenters. The van der Waals surface area contributed by atoms with E-state index in [1.807, 2.05) is 0 Å². The Morgan fingerprint density at radius 3 is 2.87 bits per heavy atom. The van der Waals surface area contributed by atoms with Gasteiger partial charge in [-0.2, -0.15) is 0 Å². The second-order valence-corrected chi connectivity index (χ2v) is 3.10. The van der Waals surface area contributed by atoms with Gasteiger partial charge in [0.15, 0.2) is 0 Å². The monoisotopic (exact) mass is 213 g/mol. The number of hydrogen-bond acceptors (Lipinski definition) is 3. The Hall–Kier alpha value is -1.05. The Kier molecular flexibility index (Phi) is 10.3. The van der Waals surface area contributed by atoms with E-state index >= 15 is 0 Å². The SMILES string of the molecule is C#CCCCCNC(=O)CCOCCO. The van der Waals surface area contributed by atoms with Gasteiger partial charge in [-0.05, 0) is 12.8 Å². The first kappa shape index (κ1) is 13.9. The Morgan fingerprint density at radius 2 is 2.20 bits per heavy atom. The minimum Gasteiger partial charge on any atom is -0.394 e. The first-order valence-corrected chi connectivity index (χ1v) is 5.20. The lowest BCUT2D eigenvalue weighted by atomic mass is 10.2. The van der Waals surface area contributed by atoms with Gasteiger partial charge in [-0.15, -0.1) is 12.3 Å². The lowest BCUT2D eigenvalue weighted by molar-refractivity contribution is -0.122. The van der Waals surface area contributed by atoms with Crippen molar-refractivity contribution < 1.29 is 14.6 Å². The highest BCUT2D eigenvalue weighted by molar-refractivity contribution is 5.75. The molecule has 0 saturated carbocycles.